The van der Waals surface area contributed by atoms with Gasteiger partial charge in [0, 0.05) is 18.1 Å². The number of halogens is 1. The lowest BCUT2D eigenvalue weighted by atomic mass is 10.2. The van der Waals surface area contributed by atoms with Crippen molar-refractivity contribution in [3.63, 3.8) is 0 Å². The summed E-state index contributed by atoms with van der Waals surface area (Å²) < 4.78 is 5.66. The fourth-order valence-corrected chi connectivity index (χ4v) is 2.01. The highest BCUT2D eigenvalue weighted by atomic mass is 35.5. The second-order valence-electron chi connectivity index (χ2n) is 4.31. The first-order valence-electron chi connectivity index (χ1n) is 6.32. The van der Waals surface area contributed by atoms with E-state index < -0.39 is 6.10 Å². The minimum absolute atomic E-state index is 0.0493. The molecule has 1 aromatic rings. The van der Waals surface area contributed by atoms with E-state index in [1.807, 2.05) is 13.8 Å². The maximum Gasteiger partial charge on any atom is 0.263 e. The van der Waals surface area contributed by atoms with Gasteiger partial charge in [-0.25, -0.2) is 0 Å². The molecule has 5 heteroatoms. The van der Waals surface area contributed by atoms with Crippen LogP contribution in [0.1, 0.15) is 19.4 Å². The van der Waals surface area contributed by atoms with Gasteiger partial charge in [-0.15, -0.1) is 0 Å². The molecule has 1 N–H and O–H groups in total. The quantitative estimate of drug-likeness (QED) is 0.872. The maximum absolute atomic E-state index is 12.1. The normalized spacial score (nSPS) is 12.1. The van der Waals surface area contributed by atoms with Crippen LogP contribution in [0.3, 0.4) is 0 Å². The number of hydrogen-bond donors (Lipinski definition) is 1. The fourth-order valence-electron chi connectivity index (χ4n) is 1.79. The molecule has 0 heterocycles. The van der Waals surface area contributed by atoms with Crippen molar-refractivity contribution in [2.24, 2.45) is 0 Å². The smallest absolute Gasteiger partial charge is 0.263 e. The van der Waals surface area contributed by atoms with Gasteiger partial charge in [0.2, 0.25) is 0 Å². The molecule has 0 aromatic heterocycles. The van der Waals surface area contributed by atoms with Crippen LogP contribution in [0.2, 0.25) is 5.02 Å². The van der Waals surface area contributed by atoms with Gasteiger partial charge in [0.05, 0.1) is 6.61 Å². The third-order valence-electron chi connectivity index (χ3n) is 2.85. The van der Waals surface area contributed by atoms with E-state index in [1.54, 1.807) is 30.0 Å². The molecule has 1 amide bonds. The summed E-state index contributed by atoms with van der Waals surface area (Å²) in [5.74, 6) is 0.510. The van der Waals surface area contributed by atoms with Crippen molar-refractivity contribution >= 4 is 17.5 Å². The highest BCUT2D eigenvalue weighted by Crippen LogP contribution is 2.23. The lowest BCUT2D eigenvalue weighted by Crippen LogP contribution is -2.41. The van der Waals surface area contributed by atoms with Crippen LogP contribution < -0.4 is 4.74 Å². The molecule has 1 rings (SSSR count). The molecule has 4 nitrogen and oxygen atoms in total. The standard InChI is InChI=1S/C14H20ClNO3/c1-4-16(7-8-17)14(18)11(3)19-13-6-5-12(15)9-10(13)2/h5-6,9,11,17H,4,7-8H2,1-3H3/t11-/m1/s1. The Hall–Kier alpha value is -1.26. The van der Waals surface area contributed by atoms with Crippen molar-refractivity contribution in [2.45, 2.75) is 26.9 Å². The highest BCUT2D eigenvalue weighted by molar-refractivity contribution is 6.30. The Morgan fingerprint density at radius 2 is 2.21 bits per heavy atom. The second-order valence-corrected chi connectivity index (χ2v) is 4.75. The molecule has 0 aliphatic rings. The third kappa shape index (κ3) is 4.40. The number of carbonyl (C=O) groups excluding carboxylic acids is 1. The second kappa shape index (κ2) is 7.36. The molecule has 0 fully saturated rings. The van der Waals surface area contributed by atoms with Crippen LogP contribution in [-0.4, -0.2) is 41.7 Å². The summed E-state index contributed by atoms with van der Waals surface area (Å²) in [4.78, 5) is 13.7. The Kier molecular flexibility index (Phi) is 6.12. The van der Waals surface area contributed by atoms with Crippen LogP contribution in [0.25, 0.3) is 0 Å². The summed E-state index contributed by atoms with van der Waals surface area (Å²) in [6, 6.07) is 5.27. The third-order valence-corrected chi connectivity index (χ3v) is 3.09. The van der Waals surface area contributed by atoms with Crippen LogP contribution in [0, 0.1) is 6.92 Å². The van der Waals surface area contributed by atoms with Crippen LogP contribution in [-0.2, 0) is 4.79 Å². The lowest BCUT2D eigenvalue weighted by molar-refractivity contribution is -0.138. The van der Waals surface area contributed by atoms with Gasteiger partial charge in [0.25, 0.3) is 5.91 Å². The molecule has 106 valence electrons. The summed E-state index contributed by atoms with van der Waals surface area (Å²) >= 11 is 5.87. The Labute approximate surface area is 118 Å². The number of aliphatic hydroxyl groups excluding tert-OH is 1. The van der Waals surface area contributed by atoms with Gasteiger partial charge in [-0.1, -0.05) is 11.6 Å². The van der Waals surface area contributed by atoms with Gasteiger partial charge >= 0.3 is 0 Å². The first-order chi connectivity index (χ1) is 8.99. The number of ether oxygens (including phenoxy) is 1. The topological polar surface area (TPSA) is 49.8 Å². The van der Waals surface area contributed by atoms with Crippen molar-refractivity contribution in [1.82, 2.24) is 4.90 Å². The van der Waals surface area contributed by atoms with Gasteiger partial charge < -0.3 is 14.7 Å². The number of amides is 1. The van der Waals surface area contributed by atoms with Gasteiger partial charge in [-0.05, 0) is 44.5 Å². The molecule has 0 aliphatic carbocycles. The molecule has 0 saturated heterocycles. The summed E-state index contributed by atoms with van der Waals surface area (Å²) in [7, 11) is 0. The first-order valence-corrected chi connectivity index (χ1v) is 6.69. The summed E-state index contributed by atoms with van der Waals surface area (Å²) in [6.45, 7) is 6.27. The van der Waals surface area contributed by atoms with Crippen LogP contribution >= 0.6 is 11.6 Å². The van der Waals surface area contributed by atoms with E-state index in [2.05, 4.69) is 0 Å². The Balaban J connectivity index is 2.72. The van der Waals surface area contributed by atoms with Crippen molar-refractivity contribution in [3.8, 4) is 5.75 Å². The molecular formula is C14H20ClNO3. The summed E-state index contributed by atoms with van der Waals surface area (Å²) in [5.41, 5.74) is 0.886. The predicted octanol–water partition coefficient (Wildman–Crippen LogP) is 2.26. The van der Waals surface area contributed by atoms with Gasteiger partial charge in [-0.2, -0.15) is 0 Å². The monoisotopic (exact) mass is 285 g/mol. The van der Waals surface area contributed by atoms with Crippen molar-refractivity contribution in [1.29, 1.82) is 0 Å². The zero-order chi connectivity index (χ0) is 14.4. The molecule has 0 radical (unpaired) electrons. The SMILES string of the molecule is CCN(CCO)C(=O)[C@@H](C)Oc1ccc(Cl)cc1C. The van der Waals surface area contributed by atoms with Crippen molar-refractivity contribution in [2.75, 3.05) is 19.7 Å². The van der Waals surface area contributed by atoms with Crippen molar-refractivity contribution in [3.05, 3.63) is 28.8 Å². The minimum atomic E-state index is -0.591. The van der Waals surface area contributed by atoms with Crippen LogP contribution in [0.5, 0.6) is 5.75 Å². The highest BCUT2D eigenvalue weighted by Gasteiger charge is 2.21. The zero-order valence-corrected chi connectivity index (χ0v) is 12.3. The number of hydrogen-bond acceptors (Lipinski definition) is 3. The molecule has 0 unspecified atom stereocenters. The number of aryl methyl sites for hydroxylation is 1. The minimum Gasteiger partial charge on any atom is -0.481 e. The van der Waals surface area contributed by atoms with E-state index in [1.165, 1.54) is 0 Å². The number of benzene rings is 1. The summed E-state index contributed by atoms with van der Waals surface area (Å²) in [5, 5.41) is 9.55. The predicted molar refractivity (Wildman–Crippen MR) is 75.6 cm³/mol. The Bertz CT molecular complexity index is 437. The van der Waals surface area contributed by atoms with E-state index in [0.29, 0.717) is 23.9 Å². The number of likely N-dealkylation sites (N-methyl/N-ethyl adjacent to an activating group) is 1. The number of aliphatic hydroxyl groups is 1. The van der Waals surface area contributed by atoms with E-state index in [0.717, 1.165) is 5.56 Å². The van der Waals surface area contributed by atoms with E-state index in [4.69, 9.17) is 21.4 Å². The molecule has 0 aliphatic heterocycles. The molecule has 0 saturated carbocycles. The number of rotatable bonds is 6. The summed E-state index contributed by atoms with van der Waals surface area (Å²) in [6.07, 6.45) is -0.591. The van der Waals surface area contributed by atoms with E-state index in [9.17, 15) is 4.79 Å². The fraction of sp³-hybridized carbons (Fsp3) is 0.500. The molecule has 1 atom stereocenters. The maximum atomic E-state index is 12.1. The Morgan fingerprint density at radius 3 is 2.74 bits per heavy atom. The first kappa shape index (κ1) is 15.8. The molecular weight excluding hydrogens is 266 g/mol. The van der Waals surface area contributed by atoms with Crippen molar-refractivity contribution < 1.29 is 14.6 Å². The largest absolute Gasteiger partial charge is 0.481 e. The molecule has 0 spiro atoms. The van der Waals surface area contributed by atoms with Gasteiger partial charge in [0.15, 0.2) is 6.10 Å². The molecule has 19 heavy (non-hydrogen) atoms. The van der Waals surface area contributed by atoms with Gasteiger partial charge in [-0.3, -0.25) is 4.79 Å². The molecule has 1 aromatic carbocycles. The Morgan fingerprint density at radius 1 is 1.53 bits per heavy atom. The van der Waals surface area contributed by atoms with E-state index >= 15 is 0 Å². The zero-order valence-electron chi connectivity index (χ0n) is 11.5. The average molecular weight is 286 g/mol. The lowest BCUT2D eigenvalue weighted by Gasteiger charge is -2.24. The van der Waals surface area contributed by atoms with E-state index in [-0.39, 0.29) is 12.5 Å². The number of nitrogens with zero attached hydrogens (tertiary/aromatic N) is 1. The molecule has 0 bridgehead atoms. The van der Waals surface area contributed by atoms with Gasteiger partial charge in [0.1, 0.15) is 5.75 Å². The average Bonchev–Trinajstić information content (AvgIpc) is 2.38. The number of carbonyl (C=O) groups is 1. The van der Waals surface area contributed by atoms with Crippen LogP contribution in [0.15, 0.2) is 18.2 Å². The van der Waals surface area contributed by atoms with Crippen LogP contribution in [0.4, 0.5) is 0 Å².